The Bertz CT molecular complexity index is 157. The fraction of sp³-hybridized carbons (Fsp3) is 0.857. The maximum Gasteiger partial charge on any atom is 0.333 e. The van der Waals surface area contributed by atoms with Gasteiger partial charge < -0.3 is 10.00 Å². The van der Waals surface area contributed by atoms with E-state index in [1.54, 1.807) is 0 Å². The zero-order valence-corrected chi connectivity index (χ0v) is 9.11. The highest BCUT2D eigenvalue weighted by Gasteiger charge is 2.12. The lowest BCUT2D eigenvalue weighted by molar-refractivity contribution is -0.144. The van der Waals surface area contributed by atoms with E-state index < -0.39 is 20.3 Å². The van der Waals surface area contributed by atoms with Gasteiger partial charge in [-0.15, -0.1) is 0 Å². The predicted octanol–water partition coefficient (Wildman–Crippen LogP) is 1.66. The summed E-state index contributed by atoms with van der Waals surface area (Å²) < 4.78 is 13.8. The molecule has 0 bridgehead atoms. The van der Waals surface area contributed by atoms with Crippen molar-refractivity contribution in [3.8, 4) is 0 Å². The minimum absolute atomic E-state index is 1.18. The third kappa shape index (κ3) is 14.5. The standard InChI is InChI=1S/C4H10.C3H7O5P/c1-3-4-2;1-2(3(4)5)8-9(6)7/h3-4H2,1-2H3;2,9H,1H3,(H,4,5)(H,6,7). The van der Waals surface area contributed by atoms with Crippen molar-refractivity contribution >= 4 is 14.2 Å². The molecule has 5 nitrogen and oxygen atoms in total. The summed E-state index contributed by atoms with van der Waals surface area (Å²) in [5, 5.41) is 8.07. The molecule has 0 aromatic carbocycles. The highest BCUT2D eigenvalue weighted by molar-refractivity contribution is 7.32. The Morgan fingerprint density at radius 2 is 1.85 bits per heavy atom. The van der Waals surface area contributed by atoms with Gasteiger partial charge in [0.15, 0.2) is 6.10 Å². The molecule has 80 valence electrons. The second kappa shape index (κ2) is 9.71. The molecule has 13 heavy (non-hydrogen) atoms. The molecule has 2 atom stereocenters. The molecule has 6 heteroatoms. The van der Waals surface area contributed by atoms with E-state index in [0.29, 0.717) is 0 Å². The van der Waals surface area contributed by atoms with Gasteiger partial charge in [0.25, 0.3) is 0 Å². The van der Waals surface area contributed by atoms with E-state index in [2.05, 4.69) is 18.4 Å². The van der Waals surface area contributed by atoms with Crippen molar-refractivity contribution in [1.29, 1.82) is 0 Å². The van der Waals surface area contributed by atoms with Gasteiger partial charge in [0.2, 0.25) is 0 Å². The molecule has 0 aliphatic heterocycles. The Hall–Kier alpha value is -0.380. The monoisotopic (exact) mass is 212 g/mol. The number of hydrogen-bond acceptors (Lipinski definition) is 3. The van der Waals surface area contributed by atoms with Gasteiger partial charge in [0.05, 0.1) is 0 Å². The van der Waals surface area contributed by atoms with Crippen LogP contribution in [0.5, 0.6) is 0 Å². The van der Waals surface area contributed by atoms with Crippen LogP contribution < -0.4 is 0 Å². The largest absolute Gasteiger partial charge is 0.479 e. The smallest absolute Gasteiger partial charge is 0.333 e. The van der Waals surface area contributed by atoms with Crippen LogP contribution in [0.1, 0.15) is 33.6 Å². The van der Waals surface area contributed by atoms with Crippen LogP contribution in [0.15, 0.2) is 0 Å². The van der Waals surface area contributed by atoms with Gasteiger partial charge in [-0.05, 0) is 6.92 Å². The number of rotatable bonds is 4. The van der Waals surface area contributed by atoms with Gasteiger partial charge >= 0.3 is 14.2 Å². The van der Waals surface area contributed by atoms with Crippen LogP contribution in [0, 0.1) is 0 Å². The summed E-state index contributed by atoms with van der Waals surface area (Å²) in [7, 11) is -3.11. The summed E-state index contributed by atoms with van der Waals surface area (Å²) in [4.78, 5) is 17.9. The summed E-state index contributed by atoms with van der Waals surface area (Å²) in [6.07, 6.45) is 1.43. The van der Waals surface area contributed by atoms with E-state index in [0.717, 1.165) is 0 Å². The van der Waals surface area contributed by atoms with Crippen LogP contribution in [0.25, 0.3) is 0 Å². The minimum atomic E-state index is -3.11. The number of carboxylic acid groups (broad SMARTS) is 1. The van der Waals surface area contributed by atoms with Crippen LogP contribution in [-0.4, -0.2) is 22.1 Å². The van der Waals surface area contributed by atoms with E-state index in [1.807, 2.05) is 0 Å². The van der Waals surface area contributed by atoms with Gasteiger partial charge in [-0.1, -0.05) is 26.7 Å². The molecule has 0 fully saturated rings. The van der Waals surface area contributed by atoms with Crippen LogP contribution in [0.3, 0.4) is 0 Å². The Labute approximate surface area is 78.7 Å². The normalized spacial score (nSPS) is 13.8. The Kier molecular flexibility index (Phi) is 11.3. The van der Waals surface area contributed by atoms with E-state index in [4.69, 9.17) is 10.00 Å². The molecule has 0 aliphatic rings. The number of carboxylic acids is 1. The second-order valence-electron chi connectivity index (χ2n) is 2.36. The molecule has 0 spiro atoms. The van der Waals surface area contributed by atoms with Gasteiger partial charge in [0, 0.05) is 0 Å². The maximum atomic E-state index is 9.88. The Morgan fingerprint density at radius 1 is 1.46 bits per heavy atom. The molecule has 0 saturated carbocycles. The quantitative estimate of drug-likeness (QED) is 0.692. The SMILES string of the molecule is CC(O[PH](=O)O)C(=O)O.CCCC. The van der Waals surface area contributed by atoms with Gasteiger partial charge in [0.1, 0.15) is 0 Å². The molecule has 0 radical (unpaired) electrons. The first kappa shape index (κ1) is 15.1. The fourth-order valence-corrected chi connectivity index (χ4v) is 0.605. The zero-order valence-electron chi connectivity index (χ0n) is 8.11. The Balaban J connectivity index is 0. The van der Waals surface area contributed by atoms with E-state index >= 15 is 0 Å². The summed E-state index contributed by atoms with van der Waals surface area (Å²) in [6, 6.07) is 0. The first-order valence-electron chi connectivity index (χ1n) is 4.08. The first-order chi connectivity index (χ1) is 5.95. The molecule has 2 N–H and O–H groups in total. The average Bonchev–Trinajstić information content (AvgIpc) is 2.03. The lowest BCUT2D eigenvalue weighted by atomic mass is 10.4. The van der Waals surface area contributed by atoms with Crippen molar-refractivity contribution in [3.05, 3.63) is 0 Å². The third-order valence-corrected chi connectivity index (χ3v) is 1.68. The van der Waals surface area contributed by atoms with Crippen molar-refractivity contribution in [2.24, 2.45) is 0 Å². The molecule has 0 aliphatic carbocycles. The summed E-state index contributed by atoms with van der Waals surface area (Å²) >= 11 is 0. The fourth-order valence-electron chi connectivity index (χ4n) is 0.202. The highest BCUT2D eigenvalue weighted by atomic mass is 31.1. The topological polar surface area (TPSA) is 83.8 Å². The van der Waals surface area contributed by atoms with Crippen LogP contribution >= 0.6 is 8.25 Å². The second-order valence-corrected chi connectivity index (χ2v) is 3.13. The molecular weight excluding hydrogens is 195 g/mol. The van der Waals surface area contributed by atoms with E-state index in [-0.39, 0.29) is 0 Å². The third-order valence-electron chi connectivity index (χ3n) is 1.13. The van der Waals surface area contributed by atoms with Crippen molar-refractivity contribution in [3.63, 3.8) is 0 Å². The summed E-state index contributed by atoms with van der Waals surface area (Å²) in [5.74, 6) is -1.25. The van der Waals surface area contributed by atoms with E-state index in [1.165, 1.54) is 19.8 Å². The summed E-state index contributed by atoms with van der Waals surface area (Å²) in [6.45, 7) is 5.54. The molecule has 2 unspecified atom stereocenters. The lowest BCUT2D eigenvalue weighted by Crippen LogP contribution is -2.16. The number of hydrogen-bond donors (Lipinski definition) is 2. The molecule has 0 amide bonds. The van der Waals surface area contributed by atoms with Crippen LogP contribution in [-0.2, 0) is 13.9 Å². The number of carbonyl (C=O) groups is 1. The lowest BCUT2D eigenvalue weighted by Gasteiger charge is -2.01. The Morgan fingerprint density at radius 3 is 1.92 bits per heavy atom. The number of unbranched alkanes of at least 4 members (excludes halogenated alkanes) is 1. The van der Waals surface area contributed by atoms with Gasteiger partial charge in [-0.2, -0.15) is 0 Å². The van der Waals surface area contributed by atoms with Crippen molar-refractivity contribution in [2.45, 2.75) is 39.7 Å². The molecule has 0 aromatic rings. The molecule has 0 aromatic heterocycles. The predicted molar refractivity (Wildman–Crippen MR) is 50.0 cm³/mol. The van der Waals surface area contributed by atoms with E-state index in [9.17, 15) is 9.36 Å². The molecule has 0 rings (SSSR count). The molecular formula is C7H17O5P. The van der Waals surface area contributed by atoms with Crippen LogP contribution in [0.4, 0.5) is 0 Å². The van der Waals surface area contributed by atoms with Crippen molar-refractivity contribution < 1.29 is 23.9 Å². The highest BCUT2D eigenvalue weighted by Crippen LogP contribution is 2.17. The van der Waals surface area contributed by atoms with Crippen molar-refractivity contribution in [2.75, 3.05) is 0 Å². The minimum Gasteiger partial charge on any atom is -0.479 e. The van der Waals surface area contributed by atoms with Crippen LogP contribution in [0.2, 0.25) is 0 Å². The van der Waals surface area contributed by atoms with Crippen molar-refractivity contribution in [1.82, 2.24) is 0 Å². The maximum absolute atomic E-state index is 9.88. The van der Waals surface area contributed by atoms with Gasteiger partial charge in [-0.25, -0.2) is 4.79 Å². The molecule has 0 saturated heterocycles. The molecule has 0 heterocycles. The number of aliphatic carboxylic acids is 1. The zero-order chi connectivity index (χ0) is 10.9. The first-order valence-corrected chi connectivity index (χ1v) is 5.34. The summed E-state index contributed by atoms with van der Waals surface area (Å²) in [5.41, 5.74) is 0. The van der Waals surface area contributed by atoms with Gasteiger partial charge in [-0.3, -0.25) is 9.09 Å². The average molecular weight is 212 g/mol.